The lowest BCUT2D eigenvalue weighted by molar-refractivity contribution is 0.433. The van der Waals surface area contributed by atoms with Gasteiger partial charge in [0.05, 0.1) is 5.56 Å². The zero-order valence-corrected chi connectivity index (χ0v) is 7.59. The SMILES string of the molecule is C#Cc1c(F)ccc2cc(O)c(F)cc12. The zero-order valence-electron chi connectivity index (χ0n) is 7.59. The number of phenolic OH excluding ortho intramolecular Hbond substituents is 1. The molecule has 0 saturated carbocycles. The van der Waals surface area contributed by atoms with Crippen molar-refractivity contribution < 1.29 is 13.9 Å². The number of halogens is 2. The van der Waals surface area contributed by atoms with Gasteiger partial charge in [0.15, 0.2) is 11.6 Å². The first-order valence-corrected chi connectivity index (χ1v) is 4.21. The first kappa shape index (κ1) is 9.47. The van der Waals surface area contributed by atoms with Crippen molar-refractivity contribution in [2.45, 2.75) is 0 Å². The first-order chi connectivity index (χ1) is 7.13. The molecule has 0 fully saturated rings. The molecular formula is C12H6F2O. The third kappa shape index (κ3) is 1.40. The first-order valence-electron chi connectivity index (χ1n) is 4.21. The fourth-order valence-electron chi connectivity index (χ4n) is 1.45. The molecule has 74 valence electrons. The highest BCUT2D eigenvalue weighted by molar-refractivity contribution is 5.89. The normalized spacial score (nSPS) is 10.2. The predicted octanol–water partition coefficient (Wildman–Crippen LogP) is 2.80. The van der Waals surface area contributed by atoms with E-state index in [2.05, 4.69) is 5.92 Å². The zero-order chi connectivity index (χ0) is 11.0. The summed E-state index contributed by atoms with van der Waals surface area (Å²) in [4.78, 5) is 0. The highest BCUT2D eigenvalue weighted by Crippen LogP contribution is 2.27. The van der Waals surface area contributed by atoms with E-state index in [1.54, 1.807) is 0 Å². The Bertz CT molecular complexity index is 582. The monoisotopic (exact) mass is 204 g/mol. The minimum absolute atomic E-state index is 0.00593. The molecule has 0 aliphatic rings. The summed E-state index contributed by atoms with van der Waals surface area (Å²) in [5.41, 5.74) is 0.00593. The van der Waals surface area contributed by atoms with E-state index in [0.717, 1.165) is 6.07 Å². The van der Waals surface area contributed by atoms with Gasteiger partial charge in [-0.2, -0.15) is 0 Å². The van der Waals surface area contributed by atoms with Gasteiger partial charge in [0.25, 0.3) is 0 Å². The lowest BCUT2D eigenvalue weighted by Gasteiger charge is -2.03. The van der Waals surface area contributed by atoms with Gasteiger partial charge in [-0.15, -0.1) is 6.42 Å². The lowest BCUT2D eigenvalue weighted by Crippen LogP contribution is -1.87. The second-order valence-electron chi connectivity index (χ2n) is 3.09. The quantitative estimate of drug-likeness (QED) is 0.654. The van der Waals surface area contributed by atoms with Crippen molar-refractivity contribution in [1.82, 2.24) is 0 Å². The molecular weight excluding hydrogens is 198 g/mol. The molecule has 0 saturated heterocycles. The Morgan fingerprint density at radius 1 is 1.13 bits per heavy atom. The summed E-state index contributed by atoms with van der Waals surface area (Å²) in [6, 6.07) is 4.87. The molecule has 0 atom stereocenters. The van der Waals surface area contributed by atoms with Crippen LogP contribution in [0.5, 0.6) is 5.75 Å². The fourth-order valence-corrected chi connectivity index (χ4v) is 1.45. The molecule has 2 aromatic carbocycles. The van der Waals surface area contributed by atoms with Gasteiger partial charge in [0.1, 0.15) is 5.82 Å². The Balaban J connectivity index is 2.94. The Hall–Kier alpha value is -2.08. The molecule has 2 rings (SSSR count). The second kappa shape index (κ2) is 3.25. The van der Waals surface area contributed by atoms with Gasteiger partial charge in [-0.05, 0) is 23.6 Å². The van der Waals surface area contributed by atoms with Crippen molar-refractivity contribution in [2.75, 3.05) is 0 Å². The molecule has 0 aliphatic carbocycles. The van der Waals surface area contributed by atoms with E-state index in [4.69, 9.17) is 11.5 Å². The Morgan fingerprint density at radius 2 is 1.87 bits per heavy atom. The van der Waals surface area contributed by atoms with Gasteiger partial charge < -0.3 is 5.11 Å². The lowest BCUT2D eigenvalue weighted by atomic mass is 10.0. The van der Waals surface area contributed by atoms with Crippen molar-refractivity contribution >= 4 is 10.8 Å². The van der Waals surface area contributed by atoms with Crippen LogP contribution in [0.1, 0.15) is 5.56 Å². The van der Waals surface area contributed by atoms with Gasteiger partial charge in [0, 0.05) is 5.39 Å². The Labute approximate surface area is 85.0 Å². The molecule has 0 unspecified atom stereocenters. The number of phenols is 1. The molecule has 0 heterocycles. The maximum atomic E-state index is 13.2. The number of terminal acetylenes is 1. The van der Waals surface area contributed by atoms with Gasteiger partial charge in [-0.25, -0.2) is 8.78 Å². The Kier molecular flexibility index (Phi) is 2.05. The maximum absolute atomic E-state index is 13.2. The molecule has 0 aromatic heterocycles. The van der Waals surface area contributed by atoms with Gasteiger partial charge in [0.2, 0.25) is 0 Å². The van der Waals surface area contributed by atoms with E-state index in [-0.39, 0.29) is 10.9 Å². The molecule has 3 heteroatoms. The van der Waals surface area contributed by atoms with E-state index in [1.165, 1.54) is 18.2 Å². The number of aromatic hydroxyl groups is 1. The molecule has 0 aliphatic heterocycles. The van der Waals surface area contributed by atoms with Crippen LogP contribution in [0, 0.1) is 24.0 Å². The van der Waals surface area contributed by atoms with Crippen LogP contribution in [-0.4, -0.2) is 5.11 Å². The van der Waals surface area contributed by atoms with Crippen LogP contribution in [0.2, 0.25) is 0 Å². The maximum Gasteiger partial charge on any atom is 0.165 e. The minimum Gasteiger partial charge on any atom is -0.505 e. The van der Waals surface area contributed by atoms with E-state index < -0.39 is 17.4 Å². The van der Waals surface area contributed by atoms with Gasteiger partial charge in [-0.3, -0.25) is 0 Å². The Morgan fingerprint density at radius 3 is 2.53 bits per heavy atom. The van der Waals surface area contributed by atoms with Crippen molar-refractivity contribution in [3.8, 4) is 18.1 Å². The molecule has 15 heavy (non-hydrogen) atoms. The predicted molar refractivity (Wildman–Crippen MR) is 53.5 cm³/mol. The van der Waals surface area contributed by atoms with Gasteiger partial charge in [-0.1, -0.05) is 12.0 Å². The highest BCUT2D eigenvalue weighted by Gasteiger charge is 2.09. The average Bonchev–Trinajstić information content (AvgIpc) is 2.21. The standard InChI is InChI=1S/C12H6F2O/c1-2-8-9-6-11(14)12(15)5-7(9)3-4-10(8)13/h1,3-6,15H. The van der Waals surface area contributed by atoms with E-state index in [9.17, 15) is 8.78 Å². The second-order valence-corrected chi connectivity index (χ2v) is 3.09. The minimum atomic E-state index is -0.815. The topological polar surface area (TPSA) is 20.2 Å². The summed E-state index contributed by atoms with van der Waals surface area (Å²) in [5.74, 6) is 0.298. The number of hydrogen-bond donors (Lipinski definition) is 1. The fraction of sp³-hybridized carbons (Fsp3) is 0. The van der Waals surface area contributed by atoms with Crippen LogP contribution in [0.25, 0.3) is 10.8 Å². The van der Waals surface area contributed by atoms with Crippen molar-refractivity contribution in [3.63, 3.8) is 0 Å². The van der Waals surface area contributed by atoms with Crippen LogP contribution in [0.15, 0.2) is 24.3 Å². The van der Waals surface area contributed by atoms with E-state index >= 15 is 0 Å². The van der Waals surface area contributed by atoms with Crippen molar-refractivity contribution in [2.24, 2.45) is 0 Å². The number of fused-ring (bicyclic) bond motifs is 1. The third-order valence-corrected chi connectivity index (χ3v) is 2.18. The number of benzene rings is 2. The largest absolute Gasteiger partial charge is 0.505 e. The van der Waals surface area contributed by atoms with Crippen LogP contribution >= 0.6 is 0 Å². The molecule has 2 aromatic rings. The van der Waals surface area contributed by atoms with Crippen LogP contribution in [-0.2, 0) is 0 Å². The van der Waals surface area contributed by atoms with Crippen molar-refractivity contribution in [1.29, 1.82) is 0 Å². The van der Waals surface area contributed by atoms with Gasteiger partial charge >= 0.3 is 0 Å². The molecule has 0 spiro atoms. The molecule has 0 radical (unpaired) electrons. The summed E-state index contributed by atoms with van der Waals surface area (Å²) in [6.45, 7) is 0. The van der Waals surface area contributed by atoms with Crippen molar-refractivity contribution in [3.05, 3.63) is 41.5 Å². The van der Waals surface area contributed by atoms with Crippen LogP contribution in [0.4, 0.5) is 8.78 Å². The van der Waals surface area contributed by atoms with Crippen LogP contribution < -0.4 is 0 Å². The van der Waals surface area contributed by atoms with E-state index in [0.29, 0.717) is 5.39 Å². The summed E-state index contributed by atoms with van der Waals surface area (Å²) >= 11 is 0. The molecule has 0 amide bonds. The smallest absolute Gasteiger partial charge is 0.165 e. The summed E-state index contributed by atoms with van der Waals surface area (Å²) in [6.07, 6.45) is 5.13. The molecule has 1 N–H and O–H groups in total. The summed E-state index contributed by atoms with van der Waals surface area (Å²) in [5, 5.41) is 9.92. The van der Waals surface area contributed by atoms with Crippen LogP contribution in [0.3, 0.4) is 0 Å². The average molecular weight is 204 g/mol. The third-order valence-electron chi connectivity index (χ3n) is 2.18. The number of rotatable bonds is 0. The molecule has 0 bridgehead atoms. The van der Waals surface area contributed by atoms with E-state index in [1.807, 2.05) is 0 Å². The summed E-state index contributed by atoms with van der Waals surface area (Å²) in [7, 11) is 0. The summed E-state index contributed by atoms with van der Waals surface area (Å²) < 4.78 is 26.3. The number of hydrogen-bond acceptors (Lipinski definition) is 1. The highest BCUT2D eigenvalue weighted by atomic mass is 19.1. The molecule has 1 nitrogen and oxygen atoms in total.